The average molecular weight is 324 g/mol. The summed E-state index contributed by atoms with van der Waals surface area (Å²) in [5, 5.41) is 3.52. The van der Waals surface area contributed by atoms with Crippen molar-refractivity contribution in [2.45, 2.75) is 37.6 Å². The molecule has 0 spiro atoms. The van der Waals surface area contributed by atoms with Gasteiger partial charge >= 0.3 is 0 Å². The summed E-state index contributed by atoms with van der Waals surface area (Å²) in [5.74, 6) is 1.01. The quantitative estimate of drug-likeness (QED) is 0.937. The number of aromatic nitrogens is 2. The van der Waals surface area contributed by atoms with Crippen molar-refractivity contribution in [1.29, 1.82) is 0 Å². The number of hydrogen-bond acceptors (Lipinski definition) is 4. The summed E-state index contributed by atoms with van der Waals surface area (Å²) in [5.41, 5.74) is 1.74. The molecule has 2 atom stereocenters. The van der Waals surface area contributed by atoms with E-state index >= 15 is 0 Å². The van der Waals surface area contributed by atoms with Gasteiger partial charge in [-0.2, -0.15) is 0 Å². The van der Waals surface area contributed by atoms with Gasteiger partial charge in [-0.3, -0.25) is 9.78 Å². The zero-order valence-electron chi connectivity index (χ0n) is 14.3. The molecule has 1 aromatic heterocycles. The van der Waals surface area contributed by atoms with Crippen LogP contribution in [0.15, 0.2) is 42.7 Å². The molecular weight excluding hydrogens is 300 g/mol. The Balaban J connectivity index is 1.78. The molecule has 1 fully saturated rings. The van der Waals surface area contributed by atoms with E-state index in [1.54, 1.807) is 20.3 Å². The van der Waals surface area contributed by atoms with Gasteiger partial charge in [-0.1, -0.05) is 43.2 Å². The lowest BCUT2D eigenvalue weighted by atomic mass is 9.80. The minimum atomic E-state index is -0.130. The molecule has 126 valence electrons. The van der Waals surface area contributed by atoms with E-state index in [1.807, 2.05) is 0 Å². The van der Waals surface area contributed by atoms with Gasteiger partial charge in [0.1, 0.15) is 11.5 Å². The summed E-state index contributed by atoms with van der Waals surface area (Å²) in [6, 6.07) is 11.0. The molecule has 0 unspecified atom stereocenters. The highest BCUT2D eigenvalue weighted by molar-refractivity contribution is 5.91. The first-order valence-electron chi connectivity index (χ1n) is 8.50. The predicted molar refractivity (Wildman–Crippen MR) is 95.1 cm³/mol. The van der Waals surface area contributed by atoms with E-state index in [0.29, 0.717) is 23.5 Å². The molecule has 5 heteroatoms. The van der Waals surface area contributed by atoms with Crippen molar-refractivity contribution in [1.82, 2.24) is 14.9 Å². The molecule has 24 heavy (non-hydrogen) atoms. The van der Waals surface area contributed by atoms with Gasteiger partial charge in [0.15, 0.2) is 0 Å². The zero-order valence-corrected chi connectivity index (χ0v) is 14.3. The Morgan fingerprint density at radius 2 is 1.88 bits per heavy atom. The average Bonchev–Trinajstić information content (AvgIpc) is 2.62. The van der Waals surface area contributed by atoms with E-state index in [2.05, 4.69) is 45.6 Å². The molecule has 0 bridgehead atoms. The molecule has 1 aromatic carbocycles. The van der Waals surface area contributed by atoms with E-state index in [-0.39, 0.29) is 5.91 Å². The Bertz CT molecular complexity index is 687. The van der Waals surface area contributed by atoms with Crippen LogP contribution in [-0.4, -0.2) is 40.9 Å². The molecule has 0 radical (unpaired) electrons. The Labute approximate surface area is 143 Å². The standard InChI is InChI=1S/C19H24N4O/c1-23(2)19(24)17-12-20-13-18(22-17)21-16-11-7-6-10-15(16)14-8-4-3-5-9-14/h3-5,8-9,12-13,15-16H,6-7,10-11H2,1-2H3,(H,21,22)/t15-,16+/m1/s1. The summed E-state index contributed by atoms with van der Waals surface area (Å²) >= 11 is 0. The van der Waals surface area contributed by atoms with Crippen molar-refractivity contribution >= 4 is 11.7 Å². The SMILES string of the molecule is CN(C)C(=O)c1cncc(N[C@H]2CCCC[C@@H]2c2ccccc2)n1. The molecule has 5 nitrogen and oxygen atoms in total. The van der Waals surface area contributed by atoms with Crippen LogP contribution < -0.4 is 5.32 Å². The number of amides is 1. The van der Waals surface area contributed by atoms with E-state index in [0.717, 1.165) is 6.42 Å². The number of rotatable bonds is 4. The third kappa shape index (κ3) is 3.72. The summed E-state index contributed by atoms with van der Waals surface area (Å²) in [7, 11) is 3.44. The predicted octanol–water partition coefficient (Wildman–Crippen LogP) is 3.32. The minimum Gasteiger partial charge on any atom is -0.365 e. The van der Waals surface area contributed by atoms with Crippen molar-refractivity contribution in [2.75, 3.05) is 19.4 Å². The lowest BCUT2D eigenvalue weighted by molar-refractivity contribution is 0.0821. The number of hydrogen-bond donors (Lipinski definition) is 1. The van der Waals surface area contributed by atoms with Gasteiger partial charge in [0.05, 0.1) is 12.4 Å². The maximum absolute atomic E-state index is 12.1. The normalized spacial score (nSPS) is 20.4. The molecule has 1 N–H and O–H groups in total. The van der Waals surface area contributed by atoms with E-state index in [4.69, 9.17) is 0 Å². The molecule has 0 saturated heterocycles. The van der Waals surface area contributed by atoms with E-state index in [1.165, 1.54) is 35.9 Å². The van der Waals surface area contributed by atoms with Crippen molar-refractivity contribution in [3.63, 3.8) is 0 Å². The monoisotopic (exact) mass is 324 g/mol. The van der Waals surface area contributed by atoms with Gasteiger partial charge in [-0.25, -0.2) is 4.98 Å². The maximum atomic E-state index is 12.1. The molecule has 1 amide bonds. The first-order valence-corrected chi connectivity index (χ1v) is 8.50. The van der Waals surface area contributed by atoms with Gasteiger partial charge < -0.3 is 10.2 Å². The first-order chi connectivity index (χ1) is 11.6. The van der Waals surface area contributed by atoms with Crippen molar-refractivity contribution in [2.24, 2.45) is 0 Å². The van der Waals surface area contributed by atoms with Crippen LogP contribution in [0.5, 0.6) is 0 Å². The van der Waals surface area contributed by atoms with E-state index in [9.17, 15) is 4.79 Å². The van der Waals surface area contributed by atoms with Crippen LogP contribution in [-0.2, 0) is 0 Å². The van der Waals surface area contributed by atoms with Crippen LogP contribution >= 0.6 is 0 Å². The number of carbonyl (C=O) groups is 1. The number of nitrogens with zero attached hydrogens (tertiary/aromatic N) is 3. The highest BCUT2D eigenvalue weighted by Gasteiger charge is 2.26. The Hall–Kier alpha value is -2.43. The maximum Gasteiger partial charge on any atom is 0.273 e. The van der Waals surface area contributed by atoms with Crippen LogP contribution in [0.2, 0.25) is 0 Å². The van der Waals surface area contributed by atoms with Crippen LogP contribution in [0, 0.1) is 0 Å². The summed E-state index contributed by atoms with van der Waals surface area (Å²) < 4.78 is 0. The molecule has 3 rings (SSSR count). The molecular formula is C19H24N4O. The van der Waals surface area contributed by atoms with Gasteiger partial charge in [-0.05, 0) is 18.4 Å². The second kappa shape index (κ2) is 7.43. The van der Waals surface area contributed by atoms with Crippen LogP contribution in [0.4, 0.5) is 5.82 Å². The fourth-order valence-electron chi connectivity index (χ4n) is 3.36. The summed E-state index contributed by atoms with van der Waals surface area (Å²) in [6.45, 7) is 0. The highest BCUT2D eigenvalue weighted by atomic mass is 16.2. The van der Waals surface area contributed by atoms with Crippen molar-refractivity contribution < 1.29 is 4.79 Å². The van der Waals surface area contributed by atoms with Crippen LogP contribution in [0.25, 0.3) is 0 Å². The van der Waals surface area contributed by atoms with Crippen LogP contribution in [0.3, 0.4) is 0 Å². The van der Waals surface area contributed by atoms with Gasteiger partial charge in [-0.15, -0.1) is 0 Å². The number of nitrogens with one attached hydrogen (secondary N) is 1. The molecule has 1 aliphatic rings. The Morgan fingerprint density at radius 3 is 2.62 bits per heavy atom. The number of carbonyl (C=O) groups excluding carboxylic acids is 1. The minimum absolute atomic E-state index is 0.130. The topological polar surface area (TPSA) is 58.1 Å². The van der Waals surface area contributed by atoms with Gasteiger partial charge in [0.2, 0.25) is 0 Å². The lowest BCUT2D eigenvalue weighted by Crippen LogP contribution is -2.31. The Kier molecular flexibility index (Phi) is 5.08. The van der Waals surface area contributed by atoms with E-state index < -0.39 is 0 Å². The first kappa shape index (κ1) is 16.4. The largest absolute Gasteiger partial charge is 0.365 e. The van der Waals surface area contributed by atoms with Gasteiger partial charge in [0.25, 0.3) is 5.91 Å². The third-order valence-electron chi connectivity index (χ3n) is 4.59. The lowest BCUT2D eigenvalue weighted by Gasteiger charge is -2.33. The van der Waals surface area contributed by atoms with Crippen molar-refractivity contribution in [3.05, 3.63) is 54.0 Å². The summed E-state index contributed by atoms with van der Waals surface area (Å²) in [6.07, 6.45) is 7.96. The Morgan fingerprint density at radius 1 is 1.12 bits per heavy atom. The zero-order chi connectivity index (χ0) is 16.9. The third-order valence-corrected chi connectivity index (χ3v) is 4.59. The molecule has 1 heterocycles. The summed E-state index contributed by atoms with van der Waals surface area (Å²) in [4.78, 5) is 22.2. The molecule has 2 aromatic rings. The van der Waals surface area contributed by atoms with Crippen LogP contribution in [0.1, 0.15) is 47.7 Å². The molecule has 1 saturated carbocycles. The van der Waals surface area contributed by atoms with Crippen molar-refractivity contribution in [3.8, 4) is 0 Å². The number of benzene rings is 1. The smallest absolute Gasteiger partial charge is 0.273 e. The van der Waals surface area contributed by atoms with Gasteiger partial charge in [0, 0.05) is 26.1 Å². The fourth-order valence-corrected chi connectivity index (χ4v) is 3.36. The number of anilines is 1. The second-order valence-corrected chi connectivity index (χ2v) is 6.54. The molecule has 1 aliphatic carbocycles. The fraction of sp³-hybridized carbons (Fsp3) is 0.421. The second-order valence-electron chi connectivity index (χ2n) is 6.54. The highest BCUT2D eigenvalue weighted by Crippen LogP contribution is 2.34. The molecule has 0 aliphatic heterocycles.